The van der Waals surface area contributed by atoms with E-state index in [1.54, 1.807) is 18.2 Å². The van der Waals surface area contributed by atoms with Crippen LogP contribution in [0.2, 0.25) is 0 Å². The number of fused-ring (bicyclic) bond motifs is 1. The van der Waals surface area contributed by atoms with Gasteiger partial charge in [0.25, 0.3) is 0 Å². The fraction of sp³-hybridized carbons (Fsp3) is 0.357. The molecule has 1 heterocycles. The van der Waals surface area contributed by atoms with Gasteiger partial charge >= 0.3 is 5.97 Å². The summed E-state index contributed by atoms with van der Waals surface area (Å²) in [6.45, 7) is 3.65. The average molecular weight is 402 g/mol. The number of rotatable bonds is 4. The lowest BCUT2D eigenvalue weighted by atomic mass is 10.2. The van der Waals surface area contributed by atoms with Gasteiger partial charge in [-0.15, -0.1) is 0 Å². The summed E-state index contributed by atoms with van der Waals surface area (Å²) in [4.78, 5) is 21.0. The highest BCUT2D eigenvalue weighted by molar-refractivity contribution is 9.09. The van der Waals surface area contributed by atoms with E-state index in [1.807, 2.05) is 13.8 Å². The first-order valence-electron chi connectivity index (χ1n) is 6.17. The van der Waals surface area contributed by atoms with Crippen molar-refractivity contribution in [2.24, 2.45) is 0 Å². The van der Waals surface area contributed by atoms with Crippen LogP contribution in [0, 0.1) is 0 Å². The van der Waals surface area contributed by atoms with Crippen molar-refractivity contribution in [3.63, 3.8) is 0 Å². The summed E-state index contributed by atoms with van der Waals surface area (Å²) in [6.07, 6.45) is -0.141. The van der Waals surface area contributed by atoms with Crippen LogP contribution in [0.25, 0.3) is 11.0 Å². The van der Waals surface area contributed by atoms with E-state index < -0.39 is 0 Å². The average Bonchev–Trinajstić information content (AvgIpc) is 2.44. The molecule has 0 amide bonds. The normalized spacial score (nSPS) is 11.1. The van der Waals surface area contributed by atoms with Crippen molar-refractivity contribution in [3.8, 4) is 0 Å². The van der Waals surface area contributed by atoms with Gasteiger partial charge in [-0.25, -0.2) is 14.8 Å². The number of esters is 1. The molecule has 0 aliphatic carbocycles. The molecule has 0 atom stereocenters. The van der Waals surface area contributed by atoms with Crippen LogP contribution in [0.1, 0.15) is 35.6 Å². The third-order valence-electron chi connectivity index (χ3n) is 2.65. The van der Waals surface area contributed by atoms with E-state index in [0.717, 1.165) is 16.9 Å². The lowest BCUT2D eigenvalue weighted by molar-refractivity contribution is 0.0378. The zero-order chi connectivity index (χ0) is 14.7. The largest absolute Gasteiger partial charge is 0.459 e. The number of benzene rings is 1. The number of halogens is 2. The first-order chi connectivity index (χ1) is 9.55. The smallest absolute Gasteiger partial charge is 0.338 e. The molecule has 0 saturated carbocycles. The van der Waals surface area contributed by atoms with Crippen molar-refractivity contribution in [1.29, 1.82) is 0 Å². The van der Waals surface area contributed by atoms with Crippen molar-refractivity contribution < 1.29 is 9.53 Å². The molecular weight excluding hydrogens is 388 g/mol. The van der Waals surface area contributed by atoms with Crippen molar-refractivity contribution in [1.82, 2.24) is 9.97 Å². The maximum Gasteiger partial charge on any atom is 0.338 e. The minimum atomic E-state index is -0.339. The Kier molecular flexibility index (Phi) is 5.10. The Hall–Kier alpha value is -1.01. The van der Waals surface area contributed by atoms with Crippen molar-refractivity contribution in [3.05, 3.63) is 35.2 Å². The number of hydrogen-bond acceptors (Lipinski definition) is 4. The molecule has 0 fully saturated rings. The minimum absolute atomic E-state index is 0.141. The van der Waals surface area contributed by atoms with Gasteiger partial charge in [0.15, 0.2) is 0 Å². The number of alkyl halides is 2. The van der Waals surface area contributed by atoms with Gasteiger partial charge in [-0.2, -0.15) is 0 Å². The highest BCUT2D eigenvalue weighted by atomic mass is 79.9. The molecule has 0 aliphatic rings. The van der Waals surface area contributed by atoms with Gasteiger partial charge in [0.1, 0.15) is 0 Å². The second kappa shape index (κ2) is 6.63. The predicted molar refractivity (Wildman–Crippen MR) is 85.4 cm³/mol. The molecule has 0 bridgehead atoms. The van der Waals surface area contributed by atoms with Gasteiger partial charge in [0.05, 0.1) is 34.1 Å². The summed E-state index contributed by atoms with van der Waals surface area (Å²) in [5.41, 5.74) is 3.72. The molecule has 1 aromatic heterocycles. The van der Waals surface area contributed by atoms with Crippen LogP contribution in [-0.4, -0.2) is 22.0 Å². The van der Waals surface area contributed by atoms with Crippen LogP contribution in [0.15, 0.2) is 18.2 Å². The molecule has 0 unspecified atom stereocenters. The Labute approximate surface area is 134 Å². The highest BCUT2D eigenvalue weighted by Gasteiger charge is 2.12. The summed E-state index contributed by atoms with van der Waals surface area (Å²) in [6, 6.07) is 5.23. The molecule has 20 heavy (non-hydrogen) atoms. The Morgan fingerprint density at radius 1 is 1.15 bits per heavy atom. The molecule has 2 aromatic rings. The van der Waals surface area contributed by atoms with E-state index in [0.29, 0.717) is 21.7 Å². The second-order valence-electron chi connectivity index (χ2n) is 4.54. The molecule has 4 nitrogen and oxygen atoms in total. The van der Waals surface area contributed by atoms with E-state index in [2.05, 4.69) is 41.8 Å². The van der Waals surface area contributed by atoms with E-state index in [1.165, 1.54) is 0 Å². The lowest BCUT2D eigenvalue weighted by Gasteiger charge is -2.09. The SMILES string of the molecule is CC(C)OC(=O)c1ccc2nc(CBr)c(CBr)nc2c1. The first-order valence-corrected chi connectivity index (χ1v) is 8.42. The zero-order valence-electron chi connectivity index (χ0n) is 11.2. The third kappa shape index (κ3) is 3.35. The summed E-state index contributed by atoms with van der Waals surface area (Å²) in [5, 5.41) is 1.27. The number of carbonyl (C=O) groups excluding carboxylic acids is 1. The third-order valence-corrected chi connectivity index (χ3v) is 3.71. The van der Waals surface area contributed by atoms with Gasteiger partial charge in [-0.3, -0.25) is 0 Å². The molecule has 0 radical (unpaired) electrons. The fourth-order valence-electron chi connectivity index (χ4n) is 1.75. The number of hydrogen-bond donors (Lipinski definition) is 0. The Morgan fingerprint density at radius 2 is 1.75 bits per heavy atom. The number of carbonyl (C=O) groups is 1. The Morgan fingerprint density at radius 3 is 2.30 bits per heavy atom. The molecular formula is C14H14Br2N2O2. The van der Waals surface area contributed by atoms with Gasteiger partial charge < -0.3 is 4.74 Å². The van der Waals surface area contributed by atoms with Crippen LogP contribution in [0.3, 0.4) is 0 Å². The summed E-state index contributed by atoms with van der Waals surface area (Å²) >= 11 is 6.80. The quantitative estimate of drug-likeness (QED) is 0.574. The van der Waals surface area contributed by atoms with Gasteiger partial charge in [0, 0.05) is 10.7 Å². The maximum atomic E-state index is 11.9. The van der Waals surface area contributed by atoms with E-state index in [4.69, 9.17) is 4.74 Å². The van der Waals surface area contributed by atoms with Crippen molar-refractivity contribution >= 4 is 48.9 Å². The Bertz CT molecular complexity index is 644. The van der Waals surface area contributed by atoms with E-state index in [9.17, 15) is 4.79 Å². The molecule has 106 valence electrons. The summed E-state index contributed by atoms with van der Waals surface area (Å²) < 4.78 is 5.18. The van der Waals surface area contributed by atoms with Crippen molar-refractivity contribution in [2.45, 2.75) is 30.6 Å². The van der Waals surface area contributed by atoms with Crippen LogP contribution < -0.4 is 0 Å². The number of nitrogens with zero attached hydrogens (tertiary/aromatic N) is 2. The van der Waals surface area contributed by atoms with Crippen LogP contribution in [-0.2, 0) is 15.4 Å². The van der Waals surface area contributed by atoms with Crippen molar-refractivity contribution in [2.75, 3.05) is 0 Å². The van der Waals surface area contributed by atoms with Gasteiger partial charge in [-0.05, 0) is 32.0 Å². The summed E-state index contributed by atoms with van der Waals surface area (Å²) in [7, 11) is 0. The van der Waals surface area contributed by atoms with Crippen LogP contribution in [0.5, 0.6) is 0 Å². The molecule has 6 heteroatoms. The highest BCUT2D eigenvalue weighted by Crippen LogP contribution is 2.19. The molecule has 1 aromatic carbocycles. The molecule has 2 rings (SSSR count). The predicted octanol–water partition coefficient (Wildman–Crippen LogP) is 3.98. The monoisotopic (exact) mass is 400 g/mol. The first kappa shape index (κ1) is 15.4. The molecule has 0 N–H and O–H groups in total. The van der Waals surface area contributed by atoms with Crippen LogP contribution >= 0.6 is 31.9 Å². The standard InChI is InChI=1S/C14H14Br2N2O2/c1-8(2)20-14(19)9-3-4-10-11(5-9)18-13(7-16)12(6-15)17-10/h3-5,8H,6-7H2,1-2H3. The number of aromatic nitrogens is 2. The van der Waals surface area contributed by atoms with Gasteiger partial charge in [0.2, 0.25) is 0 Å². The molecule has 0 saturated heterocycles. The van der Waals surface area contributed by atoms with E-state index >= 15 is 0 Å². The Balaban J connectivity index is 2.45. The van der Waals surface area contributed by atoms with Gasteiger partial charge in [-0.1, -0.05) is 31.9 Å². The maximum absolute atomic E-state index is 11.9. The fourth-order valence-corrected chi connectivity index (χ4v) is 2.65. The second-order valence-corrected chi connectivity index (χ2v) is 5.66. The minimum Gasteiger partial charge on any atom is -0.459 e. The zero-order valence-corrected chi connectivity index (χ0v) is 14.4. The molecule has 0 aliphatic heterocycles. The molecule has 0 spiro atoms. The van der Waals surface area contributed by atoms with Crippen LogP contribution in [0.4, 0.5) is 0 Å². The summed E-state index contributed by atoms with van der Waals surface area (Å²) in [5.74, 6) is -0.339. The lowest BCUT2D eigenvalue weighted by Crippen LogP contribution is -2.11. The van der Waals surface area contributed by atoms with E-state index in [-0.39, 0.29) is 12.1 Å². The topological polar surface area (TPSA) is 52.1 Å². The number of ether oxygens (including phenoxy) is 1.